The first-order valence-corrected chi connectivity index (χ1v) is 7.14. The molecule has 4 nitrogen and oxygen atoms in total. The van der Waals surface area contributed by atoms with Gasteiger partial charge in [-0.3, -0.25) is 4.98 Å². The Morgan fingerprint density at radius 3 is 2.67 bits per heavy atom. The second-order valence-electron chi connectivity index (χ2n) is 4.47. The average molecular weight is 307 g/mol. The number of nitrogens with one attached hydrogen (secondary N) is 1. The summed E-state index contributed by atoms with van der Waals surface area (Å²) in [6, 6.07) is 9.19. The quantitative estimate of drug-likeness (QED) is 0.887. The summed E-state index contributed by atoms with van der Waals surface area (Å²) in [7, 11) is 3.29. The summed E-state index contributed by atoms with van der Waals surface area (Å²) in [5.41, 5.74) is 1.71. The highest BCUT2D eigenvalue weighted by Gasteiger charge is 2.21. The highest BCUT2D eigenvalue weighted by Crippen LogP contribution is 2.34. The number of aromatic nitrogens is 1. The van der Waals surface area contributed by atoms with E-state index in [0.29, 0.717) is 5.02 Å². The van der Waals surface area contributed by atoms with E-state index >= 15 is 0 Å². The molecule has 0 amide bonds. The summed E-state index contributed by atoms with van der Waals surface area (Å²) >= 11 is 6.30. The van der Waals surface area contributed by atoms with Gasteiger partial charge in [-0.05, 0) is 36.9 Å². The van der Waals surface area contributed by atoms with Gasteiger partial charge in [0.1, 0.15) is 11.5 Å². The minimum atomic E-state index is -0.159. The number of hydrogen-bond donors (Lipinski definition) is 1. The maximum absolute atomic E-state index is 6.30. The van der Waals surface area contributed by atoms with Gasteiger partial charge in [-0.15, -0.1) is 0 Å². The fourth-order valence-corrected chi connectivity index (χ4v) is 2.46. The van der Waals surface area contributed by atoms with Crippen LogP contribution in [-0.2, 0) is 0 Å². The van der Waals surface area contributed by atoms with Crippen LogP contribution in [0.3, 0.4) is 0 Å². The van der Waals surface area contributed by atoms with Gasteiger partial charge < -0.3 is 14.8 Å². The molecule has 1 aromatic carbocycles. The minimum absolute atomic E-state index is 0.159. The zero-order chi connectivity index (χ0) is 15.2. The third-order valence-corrected chi connectivity index (χ3v) is 3.54. The van der Waals surface area contributed by atoms with Crippen molar-refractivity contribution in [1.82, 2.24) is 10.3 Å². The highest BCUT2D eigenvalue weighted by molar-refractivity contribution is 6.31. The molecule has 0 aliphatic heterocycles. The van der Waals surface area contributed by atoms with Crippen molar-refractivity contribution in [2.24, 2.45) is 0 Å². The Morgan fingerprint density at radius 2 is 2.05 bits per heavy atom. The molecule has 0 spiro atoms. The molecule has 0 aliphatic rings. The fourth-order valence-electron chi connectivity index (χ4n) is 2.23. The van der Waals surface area contributed by atoms with E-state index in [0.717, 1.165) is 29.3 Å². The standard InChI is InChI=1S/C16H19ClN2O2/c1-4-18-15(16-13(17)6-5-9-19-16)12-10-11(20-2)7-8-14(12)21-3/h5-10,15,18H,4H2,1-3H3. The summed E-state index contributed by atoms with van der Waals surface area (Å²) in [5, 5.41) is 4.02. The predicted molar refractivity (Wildman–Crippen MR) is 84.3 cm³/mol. The Hall–Kier alpha value is -1.78. The minimum Gasteiger partial charge on any atom is -0.497 e. The summed E-state index contributed by atoms with van der Waals surface area (Å²) in [4.78, 5) is 4.41. The Bertz CT molecular complexity index is 605. The van der Waals surface area contributed by atoms with E-state index in [4.69, 9.17) is 21.1 Å². The largest absolute Gasteiger partial charge is 0.497 e. The number of halogens is 1. The summed E-state index contributed by atoms with van der Waals surface area (Å²) in [5.74, 6) is 1.53. The Kier molecular flexibility index (Phi) is 5.42. The third kappa shape index (κ3) is 3.46. The zero-order valence-electron chi connectivity index (χ0n) is 12.4. The smallest absolute Gasteiger partial charge is 0.124 e. The molecule has 1 aromatic heterocycles. The van der Waals surface area contributed by atoms with Crippen LogP contribution in [0.4, 0.5) is 0 Å². The zero-order valence-corrected chi connectivity index (χ0v) is 13.1. The van der Waals surface area contributed by atoms with Crippen LogP contribution < -0.4 is 14.8 Å². The lowest BCUT2D eigenvalue weighted by Crippen LogP contribution is -2.24. The summed E-state index contributed by atoms with van der Waals surface area (Å²) in [6.45, 7) is 2.81. The van der Waals surface area contributed by atoms with E-state index in [9.17, 15) is 0 Å². The number of nitrogens with zero attached hydrogens (tertiary/aromatic N) is 1. The molecule has 0 fully saturated rings. The van der Waals surface area contributed by atoms with Crippen molar-refractivity contribution in [3.63, 3.8) is 0 Å². The van der Waals surface area contributed by atoms with Crippen LogP contribution in [0.1, 0.15) is 24.2 Å². The maximum Gasteiger partial charge on any atom is 0.124 e. The molecule has 0 saturated carbocycles. The van der Waals surface area contributed by atoms with Crippen molar-refractivity contribution in [2.45, 2.75) is 13.0 Å². The van der Waals surface area contributed by atoms with E-state index in [2.05, 4.69) is 10.3 Å². The molecule has 0 radical (unpaired) electrons. The van der Waals surface area contributed by atoms with Crippen molar-refractivity contribution in [3.8, 4) is 11.5 Å². The average Bonchev–Trinajstić information content (AvgIpc) is 2.53. The second-order valence-corrected chi connectivity index (χ2v) is 4.88. The number of hydrogen-bond acceptors (Lipinski definition) is 4. The maximum atomic E-state index is 6.30. The highest BCUT2D eigenvalue weighted by atomic mass is 35.5. The molecule has 1 unspecified atom stereocenters. The van der Waals surface area contributed by atoms with E-state index in [1.54, 1.807) is 20.4 Å². The van der Waals surface area contributed by atoms with E-state index in [-0.39, 0.29) is 6.04 Å². The van der Waals surface area contributed by atoms with E-state index in [1.807, 2.05) is 37.3 Å². The number of rotatable bonds is 6. The van der Waals surface area contributed by atoms with Crippen LogP contribution in [0, 0.1) is 0 Å². The molecule has 21 heavy (non-hydrogen) atoms. The van der Waals surface area contributed by atoms with Crippen molar-refractivity contribution in [2.75, 3.05) is 20.8 Å². The van der Waals surface area contributed by atoms with Crippen LogP contribution in [0.2, 0.25) is 5.02 Å². The van der Waals surface area contributed by atoms with Gasteiger partial charge in [0.2, 0.25) is 0 Å². The normalized spacial score (nSPS) is 12.0. The SMILES string of the molecule is CCNC(c1cc(OC)ccc1OC)c1ncccc1Cl. The van der Waals surface area contributed by atoms with Gasteiger partial charge in [0, 0.05) is 11.8 Å². The van der Waals surface area contributed by atoms with Gasteiger partial charge in [0.15, 0.2) is 0 Å². The van der Waals surface area contributed by atoms with Gasteiger partial charge in [-0.2, -0.15) is 0 Å². The first-order valence-electron chi connectivity index (χ1n) is 6.77. The van der Waals surface area contributed by atoms with Gasteiger partial charge in [0.05, 0.1) is 31.0 Å². The van der Waals surface area contributed by atoms with Crippen molar-refractivity contribution < 1.29 is 9.47 Å². The van der Waals surface area contributed by atoms with Crippen molar-refractivity contribution in [3.05, 3.63) is 52.8 Å². The van der Waals surface area contributed by atoms with Gasteiger partial charge in [-0.1, -0.05) is 18.5 Å². The topological polar surface area (TPSA) is 43.4 Å². The Balaban J connectivity index is 2.54. The van der Waals surface area contributed by atoms with Gasteiger partial charge in [-0.25, -0.2) is 0 Å². The number of ether oxygens (including phenoxy) is 2. The predicted octanol–water partition coefficient (Wildman–Crippen LogP) is 3.45. The third-order valence-electron chi connectivity index (χ3n) is 3.22. The van der Waals surface area contributed by atoms with Crippen LogP contribution in [0.5, 0.6) is 11.5 Å². The molecule has 1 N–H and O–H groups in total. The number of benzene rings is 1. The van der Waals surface area contributed by atoms with Crippen LogP contribution in [0.25, 0.3) is 0 Å². The lowest BCUT2D eigenvalue weighted by molar-refractivity contribution is 0.393. The van der Waals surface area contributed by atoms with Crippen LogP contribution in [-0.4, -0.2) is 25.7 Å². The fraction of sp³-hybridized carbons (Fsp3) is 0.312. The lowest BCUT2D eigenvalue weighted by atomic mass is 10.0. The molecule has 2 rings (SSSR count). The Labute approximate surface area is 130 Å². The second kappa shape index (κ2) is 7.29. The first-order chi connectivity index (χ1) is 10.2. The molecule has 1 heterocycles. The number of methoxy groups -OCH3 is 2. The van der Waals surface area contributed by atoms with Crippen molar-refractivity contribution >= 4 is 11.6 Å². The molecular formula is C16H19ClN2O2. The van der Waals surface area contributed by atoms with E-state index in [1.165, 1.54) is 0 Å². The summed E-state index contributed by atoms with van der Waals surface area (Å²) < 4.78 is 10.8. The molecule has 0 saturated heterocycles. The molecule has 1 atom stereocenters. The monoisotopic (exact) mass is 306 g/mol. The first kappa shape index (κ1) is 15.6. The molecule has 2 aromatic rings. The van der Waals surface area contributed by atoms with Crippen LogP contribution >= 0.6 is 11.6 Å². The lowest BCUT2D eigenvalue weighted by Gasteiger charge is -2.21. The van der Waals surface area contributed by atoms with Gasteiger partial charge >= 0.3 is 0 Å². The van der Waals surface area contributed by atoms with E-state index < -0.39 is 0 Å². The molecular weight excluding hydrogens is 288 g/mol. The molecule has 0 bridgehead atoms. The Morgan fingerprint density at radius 1 is 1.24 bits per heavy atom. The summed E-state index contributed by atoms with van der Waals surface area (Å²) in [6.07, 6.45) is 1.73. The molecule has 112 valence electrons. The molecule has 0 aliphatic carbocycles. The number of pyridine rings is 1. The van der Waals surface area contributed by atoms with Crippen molar-refractivity contribution in [1.29, 1.82) is 0 Å². The molecule has 5 heteroatoms. The van der Waals surface area contributed by atoms with Gasteiger partial charge in [0.25, 0.3) is 0 Å². The van der Waals surface area contributed by atoms with Crippen LogP contribution in [0.15, 0.2) is 36.5 Å².